The summed E-state index contributed by atoms with van der Waals surface area (Å²) < 4.78 is 0. The number of nitrogens with two attached hydrogens (primary N) is 2. The summed E-state index contributed by atoms with van der Waals surface area (Å²) in [7, 11) is 0. The van der Waals surface area contributed by atoms with Crippen LogP contribution in [0.25, 0.3) is 0 Å². The molecule has 0 bridgehead atoms. The molecule has 0 spiro atoms. The van der Waals surface area contributed by atoms with Crippen molar-refractivity contribution in [1.29, 1.82) is 0 Å². The summed E-state index contributed by atoms with van der Waals surface area (Å²) in [4.78, 5) is 0. The zero-order valence-corrected chi connectivity index (χ0v) is 11.4. The first-order chi connectivity index (χ1) is 8.10. The van der Waals surface area contributed by atoms with Crippen LogP contribution >= 0.6 is 0 Å². The van der Waals surface area contributed by atoms with Gasteiger partial charge in [-0.05, 0) is 31.4 Å². The van der Waals surface area contributed by atoms with Crippen molar-refractivity contribution >= 4 is 0 Å². The molecule has 0 amide bonds. The second-order valence-electron chi connectivity index (χ2n) is 5.01. The summed E-state index contributed by atoms with van der Waals surface area (Å²) >= 11 is 0. The van der Waals surface area contributed by atoms with Crippen molar-refractivity contribution in [2.45, 2.75) is 52.0 Å². The van der Waals surface area contributed by atoms with Crippen LogP contribution in [0.4, 0.5) is 0 Å². The zero-order chi connectivity index (χ0) is 12.8. The Labute approximate surface area is 105 Å². The monoisotopic (exact) mass is 234 g/mol. The minimum absolute atomic E-state index is 0.182. The van der Waals surface area contributed by atoms with Crippen LogP contribution < -0.4 is 11.5 Å². The Bertz CT molecular complexity index is 347. The minimum atomic E-state index is 0.182. The molecule has 96 valence electrons. The highest BCUT2D eigenvalue weighted by Gasteiger charge is 2.19. The van der Waals surface area contributed by atoms with Gasteiger partial charge in [-0.3, -0.25) is 0 Å². The Balaban J connectivity index is 2.85. The van der Waals surface area contributed by atoms with E-state index >= 15 is 0 Å². The van der Waals surface area contributed by atoms with Crippen molar-refractivity contribution in [1.82, 2.24) is 0 Å². The van der Waals surface area contributed by atoms with E-state index in [9.17, 15) is 0 Å². The molecule has 1 aromatic carbocycles. The highest BCUT2D eigenvalue weighted by molar-refractivity contribution is 5.34. The number of rotatable bonds is 6. The Kier molecular flexibility index (Phi) is 5.66. The van der Waals surface area contributed by atoms with Gasteiger partial charge >= 0.3 is 0 Å². The smallest absolute Gasteiger partial charge is 0.0120 e. The summed E-state index contributed by atoms with van der Waals surface area (Å²) in [5.74, 6) is 0.294. The molecule has 0 fully saturated rings. The maximum atomic E-state index is 6.27. The van der Waals surface area contributed by atoms with E-state index < -0.39 is 0 Å². The van der Waals surface area contributed by atoms with Crippen molar-refractivity contribution in [3.05, 3.63) is 34.9 Å². The van der Waals surface area contributed by atoms with Crippen LogP contribution in [-0.2, 0) is 0 Å². The van der Waals surface area contributed by atoms with Crippen molar-refractivity contribution < 1.29 is 0 Å². The minimum Gasteiger partial charge on any atom is -0.330 e. The van der Waals surface area contributed by atoms with Crippen LogP contribution in [0.1, 0.15) is 48.8 Å². The predicted octanol–water partition coefficient (Wildman–Crippen LogP) is 2.86. The van der Waals surface area contributed by atoms with Gasteiger partial charge in [-0.2, -0.15) is 0 Å². The molecule has 0 aromatic heterocycles. The molecule has 0 saturated carbocycles. The molecule has 1 aromatic rings. The van der Waals surface area contributed by atoms with Crippen LogP contribution in [0, 0.1) is 13.8 Å². The van der Waals surface area contributed by atoms with E-state index in [4.69, 9.17) is 11.5 Å². The Morgan fingerprint density at radius 1 is 1.24 bits per heavy atom. The van der Waals surface area contributed by atoms with Crippen molar-refractivity contribution in [2.75, 3.05) is 6.54 Å². The summed E-state index contributed by atoms with van der Waals surface area (Å²) in [5.41, 5.74) is 16.1. The van der Waals surface area contributed by atoms with Gasteiger partial charge in [-0.1, -0.05) is 43.5 Å². The highest BCUT2D eigenvalue weighted by Crippen LogP contribution is 2.24. The average Bonchev–Trinajstić information content (AvgIpc) is 2.30. The maximum absolute atomic E-state index is 6.27. The van der Waals surface area contributed by atoms with Crippen molar-refractivity contribution in [2.24, 2.45) is 11.5 Å². The molecule has 2 heteroatoms. The average molecular weight is 234 g/mol. The second kappa shape index (κ2) is 6.77. The zero-order valence-electron chi connectivity index (χ0n) is 11.4. The van der Waals surface area contributed by atoms with Crippen LogP contribution in [0.15, 0.2) is 18.2 Å². The molecule has 0 radical (unpaired) electrons. The van der Waals surface area contributed by atoms with E-state index in [0.717, 1.165) is 6.42 Å². The van der Waals surface area contributed by atoms with E-state index in [1.54, 1.807) is 0 Å². The first-order valence-corrected chi connectivity index (χ1v) is 6.63. The highest BCUT2D eigenvalue weighted by atomic mass is 14.7. The van der Waals surface area contributed by atoms with Gasteiger partial charge in [0.2, 0.25) is 0 Å². The van der Waals surface area contributed by atoms with Gasteiger partial charge in [0.15, 0.2) is 0 Å². The largest absolute Gasteiger partial charge is 0.330 e. The van der Waals surface area contributed by atoms with Crippen molar-refractivity contribution in [3.8, 4) is 0 Å². The summed E-state index contributed by atoms with van der Waals surface area (Å²) in [6, 6.07) is 6.73. The van der Waals surface area contributed by atoms with Crippen LogP contribution in [0.5, 0.6) is 0 Å². The fourth-order valence-corrected chi connectivity index (χ4v) is 2.42. The first-order valence-electron chi connectivity index (χ1n) is 6.63. The molecule has 0 aliphatic heterocycles. The SMILES string of the molecule is CCCCC(N)C(CN)c1ccc(C)cc1C. The Morgan fingerprint density at radius 3 is 2.47 bits per heavy atom. The number of hydrogen-bond acceptors (Lipinski definition) is 2. The summed E-state index contributed by atoms with van der Waals surface area (Å²) in [6.07, 6.45) is 3.44. The quantitative estimate of drug-likeness (QED) is 0.795. The van der Waals surface area contributed by atoms with E-state index in [0.29, 0.717) is 12.5 Å². The van der Waals surface area contributed by atoms with Gasteiger partial charge in [0.05, 0.1) is 0 Å². The van der Waals surface area contributed by atoms with Gasteiger partial charge < -0.3 is 11.5 Å². The molecule has 2 atom stereocenters. The summed E-state index contributed by atoms with van der Waals surface area (Å²) in [5, 5.41) is 0. The Morgan fingerprint density at radius 2 is 1.94 bits per heavy atom. The third-order valence-electron chi connectivity index (χ3n) is 3.49. The lowest BCUT2D eigenvalue weighted by Crippen LogP contribution is -2.33. The van der Waals surface area contributed by atoms with E-state index in [2.05, 4.69) is 39.0 Å². The number of aryl methyl sites for hydroxylation is 2. The molecule has 0 aliphatic carbocycles. The van der Waals surface area contributed by atoms with Crippen LogP contribution in [-0.4, -0.2) is 12.6 Å². The maximum Gasteiger partial charge on any atom is 0.0120 e. The first kappa shape index (κ1) is 14.2. The van der Waals surface area contributed by atoms with Gasteiger partial charge in [-0.15, -0.1) is 0 Å². The van der Waals surface area contributed by atoms with Gasteiger partial charge in [0.25, 0.3) is 0 Å². The number of benzene rings is 1. The standard InChI is InChI=1S/C15H26N2/c1-4-5-6-15(17)14(10-16)13-8-7-11(2)9-12(13)3/h7-9,14-15H,4-6,10,16-17H2,1-3H3. The normalized spacial score (nSPS) is 14.6. The van der Waals surface area contributed by atoms with E-state index in [1.807, 2.05) is 0 Å². The van der Waals surface area contributed by atoms with Crippen molar-refractivity contribution in [3.63, 3.8) is 0 Å². The molecule has 0 saturated heterocycles. The lowest BCUT2D eigenvalue weighted by atomic mass is 9.86. The molecule has 2 unspecified atom stereocenters. The van der Waals surface area contributed by atoms with Crippen LogP contribution in [0.2, 0.25) is 0 Å². The van der Waals surface area contributed by atoms with E-state index in [1.165, 1.54) is 29.5 Å². The lowest BCUT2D eigenvalue weighted by Gasteiger charge is -2.24. The molecule has 0 heterocycles. The topological polar surface area (TPSA) is 52.0 Å². The third-order valence-corrected chi connectivity index (χ3v) is 3.49. The third kappa shape index (κ3) is 3.83. The fourth-order valence-electron chi connectivity index (χ4n) is 2.42. The van der Waals surface area contributed by atoms with Gasteiger partial charge in [-0.25, -0.2) is 0 Å². The molecular formula is C15H26N2. The molecule has 1 rings (SSSR count). The molecule has 17 heavy (non-hydrogen) atoms. The Hall–Kier alpha value is -0.860. The number of unbranched alkanes of at least 4 members (excludes halogenated alkanes) is 1. The van der Waals surface area contributed by atoms with Gasteiger partial charge in [0.1, 0.15) is 0 Å². The molecule has 4 N–H and O–H groups in total. The molecule has 2 nitrogen and oxygen atoms in total. The molecular weight excluding hydrogens is 208 g/mol. The summed E-state index contributed by atoms with van der Waals surface area (Å²) in [6.45, 7) is 7.10. The van der Waals surface area contributed by atoms with E-state index in [-0.39, 0.29) is 6.04 Å². The fraction of sp³-hybridized carbons (Fsp3) is 0.600. The van der Waals surface area contributed by atoms with Crippen LogP contribution in [0.3, 0.4) is 0 Å². The second-order valence-corrected chi connectivity index (χ2v) is 5.01. The lowest BCUT2D eigenvalue weighted by molar-refractivity contribution is 0.486. The molecule has 0 aliphatic rings. The predicted molar refractivity (Wildman–Crippen MR) is 75.2 cm³/mol. The van der Waals surface area contributed by atoms with Gasteiger partial charge in [0, 0.05) is 18.5 Å². The number of hydrogen-bond donors (Lipinski definition) is 2.